The van der Waals surface area contributed by atoms with Crippen LogP contribution in [0.5, 0.6) is 0 Å². The Hall–Kier alpha value is -1.99. The predicted octanol–water partition coefficient (Wildman–Crippen LogP) is 1.59. The molecule has 0 spiro atoms. The standard InChI is InChI=1S/C13H12ClN3O3S/c14-8-1-3-9(4-2-8)15-12(19)7-21-6-10-5-11(18)17-13(20)16-10/h1-5H,6-7H2,(H,15,19)(H2,16,17,18,20). The highest BCUT2D eigenvalue weighted by Gasteiger charge is 2.04. The highest BCUT2D eigenvalue weighted by Crippen LogP contribution is 2.14. The van der Waals surface area contributed by atoms with Gasteiger partial charge in [0.2, 0.25) is 5.91 Å². The summed E-state index contributed by atoms with van der Waals surface area (Å²) in [5.41, 5.74) is 0.131. The number of H-pyrrole nitrogens is 2. The van der Waals surface area contributed by atoms with E-state index in [0.29, 0.717) is 22.2 Å². The quantitative estimate of drug-likeness (QED) is 0.778. The van der Waals surface area contributed by atoms with Crippen molar-refractivity contribution in [1.82, 2.24) is 9.97 Å². The van der Waals surface area contributed by atoms with Crippen LogP contribution in [0.15, 0.2) is 39.9 Å². The van der Waals surface area contributed by atoms with Gasteiger partial charge in [-0.3, -0.25) is 14.6 Å². The molecule has 0 saturated heterocycles. The van der Waals surface area contributed by atoms with Crippen LogP contribution in [0, 0.1) is 0 Å². The van der Waals surface area contributed by atoms with Gasteiger partial charge in [-0.05, 0) is 24.3 Å². The normalized spacial score (nSPS) is 10.3. The van der Waals surface area contributed by atoms with E-state index in [1.54, 1.807) is 24.3 Å². The molecule has 1 amide bonds. The summed E-state index contributed by atoms with van der Waals surface area (Å²) in [6.45, 7) is 0. The number of hydrogen-bond acceptors (Lipinski definition) is 4. The third-order valence-corrected chi connectivity index (χ3v) is 3.67. The molecule has 0 fully saturated rings. The largest absolute Gasteiger partial charge is 0.325 e. The summed E-state index contributed by atoms with van der Waals surface area (Å²) < 4.78 is 0. The summed E-state index contributed by atoms with van der Waals surface area (Å²) in [7, 11) is 0. The molecule has 110 valence electrons. The van der Waals surface area contributed by atoms with Crippen molar-refractivity contribution in [2.45, 2.75) is 5.75 Å². The van der Waals surface area contributed by atoms with Gasteiger partial charge in [-0.2, -0.15) is 0 Å². The Bertz CT molecular complexity index is 711. The molecule has 3 N–H and O–H groups in total. The minimum absolute atomic E-state index is 0.172. The van der Waals surface area contributed by atoms with Crippen molar-refractivity contribution < 1.29 is 4.79 Å². The minimum Gasteiger partial charge on any atom is -0.325 e. The topological polar surface area (TPSA) is 94.8 Å². The SMILES string of the molecule is O=C(CSCc1cc(=O)[nH]c(=O)[nH]1)Nc1ccc(Cl)cc1. The Morgan fingerprint density at radius 1 is 1.19 bits per heavy atom. The van der Waals surface area contributed by atoms with Crippen LogP contribution in [-0.4, -0.2) is 21.6 Å². The number of aromatic amines is 2. The first-order valence-electron chi connectivity index (χ1n) is 5.98. The average Bonchev–Trinajstić information content (AvgIpc) is 2.40. The number of benzene rings is 1. The van der Waals surface area contributed by atoms with Crippen molar-refractivity contribution in [3.05, 3.63) is 61.9 Å². The van der Waals surface area contributed by atoms with E-state index in [-0.39, 0.29) is 11.7 Å². The van der Waals surface area contributed by atoms with Crippen LogP contribution in [0.25, 0.3) is 0 Å². The highest BCUT2D eigenvalue weighted by molar-refractivity contribution is 7.99. The van der Waals surface area contributed by atoms with E-state index >= 15 is 0 Å². The number of nitrogens with one attached hydrogen (secondary N) is 3. The number of carbonyl (C=O) groups is 1. The van der Waals surface area contributed by atoms with Crippen molar-refractivity contribution in [2.75, 3.05) is 11.1 Å². The summed E-state index contributed by atoms with van der Waals surface area (Å²) in [5, 5.41) is 3.32. The number of anilines is 1. The second kappa shape index (κ2) is 7.14. The third kappa shape index (κ3) is 5.13. The zero-order valence-corrected chi connectivity index (χ0v) is 12.4. The Labute approximate surface area is 128 Å². The van der Waals surface area contributed by atoms with Crippen molar-refractivity contribution in [3.8, 4) is 0 Å². The molecule has 1 aromatic carbocycles. The second-order valence-electron chi connectivity index (χ2n) is 4.16. The number of carbonyl (C=O) groups excluding carboxylic acids is 1. The molecule has 0 aliphatic carbocycles. The lowest BCUT2D eigenvalue weighted by Gasteiger charge is -2.05. The maximum absolute atomic E-state index is 11.7. The first-order chi connectivity index (χ1) is 10.0. The van der Waals surface area contributed by atoms with Gasteiger partial charge in [-0.1, -0.05) is 11.6 Å². The molecule has 0 radical (unpaired) electrons. The lowest BCUT2D eigenvalue weighted by Crippen LogP contribution is -2.22. The van der Waals surface area contributed by atoms with E-state index in [1.165, 1.54) is 17.8 Å². The van der Waals surface area contributed by atoms with Gasteiger partial charge in [0.1, 0.15) is 0 Å². The molecule has 0 bridgehead atoms. The number of hydrogen-bond donors (Lipinski definition) is 3. The van der Waals surface area contributed by atoms with E-state index in [2.05, 4.69) is 15.3 Å². The third-order valence-electron chi connectivity index (χ3n) is 2.43. The molecule has 0 aliphatic rings. The van der Waals surface area contributed by atoms with Crippen LogP contribution in [0.4, 0.5) is 5.69 Å². The zero-order valence-electron chi connectivity index (χ0n) is 10.8. The summed E-state index contributed by atoms with van der Waals surface area (Å²) >= 11 is 7.04. The van der Waals surface area contributed by atoms with Crippen LogP contribution >= 0.6 is 23.4 Å². The van der Waals surface area contributed by atoms with Gasteiger partial charge in [0.05, 0.1) is 5.75 Å². The number of amides is 1. The van der Waals surface area contributed by atoms with E-state index < -0.39 is 11.2 Å². The highest BCUT2D eigenvalue weighted by atomic mass is 35.5. The molecule has 1 heterocycles. The first kappa shape index (κ1) is 15.4. The van der Waals surface area contributed by atoms with Crippen LogP contribution < -0.4 is 16.6 Å². The van der Waals surface area contributed by atoms with Crippen LogP contribution in [0.1, 0.15) is 5.69 Å². The lowest BCUT2D eigenvalue weighted by molar-refractivity contribution is -0.113. The van der Waals surface area contributed by atoms with E-state index in [9.17, 15) is 14.4 Å². The fraction of sp³-hybridized carbons (Fsp3) is 0.154. The van der Waals surface area contributed by atoms with Gasteiger partial charge in [0, 0.05) is 28.2 Å². The predicted molar refractivity (Wildman–Crippen MR) is 83.9 cm³/mol. The van der Waals surface area contributed by atoms with Crippen LogP contribution in [0.3, 0.4) is 0 Å². The average molecular weight is 326 g/mol. The lowest BCUT2D eigenvalue weighted by atomic mass is 10.3. The number of aromatic nitrogens is 2. The Morgan fingerprint density at radius 3 is 2.57 bits per heavy atom. The van der Waals surface area contributed by atoms with E-state index in [0.717, 1.165) is 0 Å². The van der Waals surface area contributed by atoms with Gasteiger partial charge in [-0.25, -0.2) is 4.79 Å². The summed E-state index contributed by atoms with van der Waals surface area (Å²) in [6, 6.07) is 8.08. The zero-order chi connectivity index (χ0) is 15.2. The molecule has 0 saturated carbocycles. The van der Waals surface area contributed by atoms with Gasteiger partial charge in [0.25, 0.3) is 5.56 Å². The first-order valence-corrected chi connectivity index (χ1v) is 7.52. The van der Waals surface area contributed by atoms with Crippen molar-refractivity contribution in [1.29, 1.82) is 0 Å². The molecule has 6 nitrogen and oxygen atoms in total. The molecule has 0 atom stereocenters. The number of halogens is 1. The summed E-state index contributed by atoms with van der Waals surface area (Å²) in [6.07, 6.45) is 0. The van der Waals surface area contributed by atoms with Gasteiger partial charge >= 0.3 is 5.69 Å². The maximum atomic E-state index is 11.7. The maximum Gasteiger partial charge on any atom is 0.325 e. The fourth-order valence-electron chi connectivity index (χ4n) is 1.58. The van der Waals surface area contributed by atoms with Crippen LogP contribution in [-0.2, 0) is 10.5 Å². The van der Waals surface area contributed by atoms with Crippen molar-refractivity contribution in [3.63, 3.8) is 0 Å². The van der Waals surface area contributed by atoms with Crippen molar-refractivity contribution in [2.24, 2.45) is 0 Å². The fourth-order valence-corrected chi connectivity index (χ4v) is 2.44. The molecule has 1 aromatic heterocycles. The Kier molecular flexibility index (Phi) is 5.24. The molecular formula is C13H12ClN3O3S. The number of rotatable bonds is 5. The molecule has 0 aliphatic heterocycles. The number of thioether (sulfide) groups is 1. The molecule has 2 aromatic rings. The second-order valence-corrected chi connectivity index (χ2v) is 5.58. The van der Waals surface area contributed by atoms with Crippen LogP contribution in [0.2, 0.25) is 5.02 Å². The van der Waals surface area contributed by atoms with Gasteiger partial charge < -0.3 is 10.3 Å². The van der Waals surface area contributed by atoms with Gasteiger partial charge in [0.15, 0.2) is 0 Å². The summed E-state index contributed by atoms with van der Waals surface area (Å²) in [5.74, 6) is 0.402. The minimum atomic E-state index is -0.552. The molecule has 8 heteroatoms. The monoisotopic (exact) mass is 325 g/mol. The van der Waals surface area contributed by atoms with Gasteiger partial charge in [-0.15, -0.1) is 11.8 Å². The molecule has 0 unspecified atom stereocenters. The Balaban J connectivity index is 1.82. The van der Waals surface area contributed by atoms with E-state index in [1.807, 2.05) is 0 Å². The molecule has 21 heavy (non-hydrogen) atoms. The van der Waals surface area contributed by atoms with E-state index in [4.69, 9.17) is 11.6 Å². The smallest absolute Gasteiger partial charge is 0.325 e. The Morgan fingerprint density at radius 2 is 1.90 bits per heavy atom. The molecular weight excluding hydrogens is 314 g/mol. The summed E-state index contributed by atoms with van der Waals surface area (Å²) in [4.78, 5) is 38.5. The molecule has 2 rings (SSSR count). The van der Waals surface area contributed by atoms with Crippen molar-refractivity contribution >= 4 is 35.0 Å².